The van der Waals surface area contributed by atoms with E-state index in [1.807, 2.05) is 37.3 Å². The van der Waals surface area contributed by atoms with Crippen LogP contribution < -0.4 is 14.2 Å². The van der Waals surface area contributed by atoms with Gasteiger partial charge in [0.2, 0.25) is 10.0 Å². The maximum atomic E-state index is 12.8. The fraction of sp³-hybridized carbons (Fsp3) is 0.333. The highest BCUT2D eigenvalue weighted by molar-refractivity contribution is 7.89. The van der Waals surface area contributed by atoms with E-state index < -0.39 is 10.0 Å². The average molecular weight is 349 g/mol. The third-order valence-corrected chi connectivity index (χ3v) is 5.25. The van der Waals surface area contributed by atoms with E-state index in [-0.39, 0.29) is 16.7 Å². The highest BCUT2D eigenvalue weighted by Crippen LogP contribution is 2.30. The SMILES string of the molecule is CCC[C@H](NS(=O)(=O)c1ccc(OC)cc1OC)c1ccccc1. The molecule has 0 fully saturated rings. The Morgan fingerprint density at radius 2 is 1.75 bits per heavy atom. The molecular weight excluding hydrogens is 326 g/mol. The molecule has 0 aliphatic heterocycles. The van der Waals surface area contributed by atoms with Crippen molar-refractivity contribution in [2.75, 3.05) is 14.2 Å². The highest BCUT2D eigenvalue weighted by Gasteiger charge is 2.24. The van der Waals surface area contributed by atoms with Crippen LogP contribution in [-0.2, 0) is 10.0 Å². The van der Waals surface area contributed by atoms with Crippen molar-refractivity contribution in [3.63, 3.8) is 0 Å². The summed E-state index contributed by atoms with van der Waals surface area (Å²) in [6.07, 6.45) is 1.57. The molecule has 5 nitrogen and oxygen atoms in total. The highest BCUT2D eigenvalue weighted by atomic mass is 32.2. The minimum atomic E-state index is -3.73. The topological polar surface area (TPSA) is 64.6 Å². The minimum absolute atomic E-state index is 0.0998. The molecule has 24 heavy (non-hydrogen) atoms. The Bertz CT molecular complexity index is 760. The molecule has 0 bridgehead atoms. The lowest BCUT2D eigenvalue weighted by molar-refractivity contribution is 0.385. The molecule has 2 rings (SSSR count). The Balaban J connectivity index is 2.35. The van der Waals surface area contributed by atoms with Gasteiger partial charge in [0, 0.05) is 12.1 Å². The summed E-state index contributed by atoms with van der Waals surface area (Å²) in [6, 6.07) is 13.9. The minimum Gasteiger partial charge on any atom is -0.497 e. The molecule has 0 aliphatic rings. The summed E-state index contributed by atoms with van der Waals surface area (Å²) in [5.41, 5.74) is 0.940. The zero-order valence-corrected chi connectivity index (χ0v) is 15.0. The maximum Gasteiger partial charge on any atom is 0.244 e. The number of hydrogen-bond donors (Lipinski definition) is 1. The molecule has 0 heterocycles. The predicted molar refractivity (Wildman–Crippen MR) is 94.0 cm³/mol. The summed E-state index contributed by atoms with van der Waals surface area (Å²) in [4.78, 5) is 0.0998. The van der Waals surface area contributed by atoms with Crippen molar-refractivity contribution in [2.24, 2.45) is 0 Å². The first-order chi connectivity index (χ1) is 11.5. The molecule has 1 N–H and O–H groups in total. The molecular formula is C18H23NO4S. The van der Waals surface area contributed by atoms with Crippen LogP contribution in [0.25, 0.3) is 0 Å². The third-order valence-electron chi connectivity index (χ3n) is 3.74. The lowest BCUT2D eigenvalue weighted by Gasteiger charge is -2.20. The van der Waals surface area contributed by atoms with Crippen LogP contribution in [0.15, 0.2) is 53.4 Å². The van der Waals surface area contributed by atoms with Gasteiger partial charge in [-0.1, -0.05) is 43.7 Å². The average Bonchev–Trinajstić information content (AvgIpc) is 2.61. The molecule has 0 saturated heterocycles. The van der Waals surface area contributed by atoms with Crippen molar-refractivity contribution in [3.05, 3.63) is 54.1 Å². The quantitative estimate of drug-likeness (QED) is 0.792. The molecule has 0 aromatic heterocycles. The van der Waals surface area contributed by atoms with Gasteiger partial charge in [0.05, 0.1) is 14.2 Å². The summed E-state index contributed by atoms with van der Waals surface area (Å²) < 4.78 is 38.8. The van der Waals surface area contributed by atoms with Crippen molar-refractivity contribution in [3.8, 4) is 11.5 Å². The molecule has 130 valence electrons. The van der Waals surface area contributed by atoms with Crippen LogP contribution in [0.1, 0.15) is 31.4 Å². The van der Waals surface area contributed by atoms with E-state index in [0.29, 0.717) is 12.2 Å². The smallest absolute Gasteiger partial charge is 0.244 e. The van der Waals surface area contributed by atoms with Gasteiger partial charge < -0.3 is 9.47 Å². The van der Waals surface area contributed by atoms with E-state index in [9.17, 15) is 8.42 Å². The summed E-state index contributed by atoms with van der Waals surface area (Å²) in [7, 11) is -0.767. The number of hydrogen-bond acceptors (Lipinski definition) is 4. The van der Waals surface area contributed by atoms with Crippen LogP contribution in [0.4, 0.5) is 0 Å². The third kappa shape index (κ3) is 4.27. The molecule has 0 radical (unpaired) electrons. The monoisotopic (exact) mass is 349 g/mol. The first-order valence-corrected chi connectivity index (χ1v) is 9.29. The Morgan fingerprint density at radius 1 is 1.04 bits per heavy atom. The summed E-state index contributed by atoms with van der Waals surface area (Å²) in [5, 5.41) is 0. The number of ether oxygens (including phenoxy) is 2. The lowest BCUT2D eigenvalue weighted by atomic mass is 10.0. The molecule has 0 amide bonds. The van der Waals surface area contributed by atoms with Crippen molar-refractivity contribution < 1.29 is 17.9 Å². The molecule has 0 saturated carbocycles. The number of rotatable bonds is 8. The van der Waals surface area contributed by atoms with E-state index in [2.05, 4.69) is 4.72 Å². The molecule has 2 aromatic carbocycles. The van der Waals surface area contributed by atoms with Gasteiger partial charge in [-0.05, 0) is 24.1 Å². The second kappa shape index (κ2) is 8.17. The van der Waals surface area contributed by atoms with E-state index in [0.717, 1.165) is 12.0 Å². The second-order valence-electron chi connectivity index (χ2n) is 5.39. The van der Waals surface area contributed by atoms with E-state index >= 15 is 0 Å². The first kappa shape index (κ1) is 18.3. The molecule has 1 atom stereocenters. The summed E-state index contributed by atoms with van der Waals surface area (Å²) >= 11 is 0. The maximum absolute atomic E-state index is 12.8. The van der Waals surface area contributed by atoms with E-state index in [4.69, 9.17) is 9.47 Å². The van der Waals surface area contributed by atoms with Gasteiger partial charge in [0.1, 0.15) is 16.4 Å². The van der Waals surface area contributed by atoms with Gasteiger partial charge in [-0.25, -0.2) is 13.1 Å². The lowest BCUT2D eigenvalue weighted by Crippen LogP contribution is -2.29. The van der Waals surface area contributed by atoms with Crippen LogP contribution in [-0.4, -0.2) is 22.6 Å². The number of sulfonamides is 1. The van der Waals surface area contributed by atoms with Crippen molar-refractivity contribution >= 4 is 10.0 Å². The van der Waals surface area contributed by atoms with Gasteiger partial charge in [-0.2, -0.15) is 0 Å². The molecule has 6 heteroatoms. The largest absolute Gasteiger partial charge is 0.497 e. The zero-order valence-electron chi connectivity index (χ0n) is 14.2. The van der Waals surface area contributed by atoms with Crippen LogP contribution >= 0.6 is 0 Å². The van der Waals surface area contributed by atoms with Gasteiger partial charge in [0.15, 0.2) is 0 Å². The zero-order chi connectivity index (χ0) is 17.6. The van der Waals surface area contributed by atoms with Crippen LogP contribution in [0.5, 0.6) is 11.5 Å². The van der Waals surface area contributed by atoms with Crippen molar-refractivity contribution in [1.82, 2.24) is 4.72 Å². The van der Waals surface area contributed by atoms with Crippen LogP contribution in [0.2, 0.25) is 0 Å². The van der Waals surface area contributed by atoms with Crippen LogP contribution in [0.3, 0.4) is 0 Å². The standard InChI is InChI=1S/C18H23NO4S/c1-4-8-16(14-9-6-5-7-10-14)19-24(20,21)18-12-11-15(22-2)13-17(18)23-3/h5-7,9-13,16,19H,4,8H2,1-3H3/t16-/m0/s1. The van der Waals surface area contributed by atoms with Crippen molar-refractivity contribution in [1.29, 1.82) is 0 Å². The Morgan fingerprint density at radius 3 is 2.33 bits per heavy atom. The van der Waals surface area contributed by atoms with Crippen molar-refractivity contribution in [2.45, 2.75) is 30.7 Å². The van der Waals surface area contributed by atoms with Gasteiger partial charge >= 0.3 is 0 Å². The first-order valence-electron chi connectivity index (χ1n) is 7.81. The van der Waals surface area contributed by atoms with Gasteiger partial charge in [-0.3, -0.25) is 0 Å². The fourth-order valence-corrected chi connectivity index (χ4v) is 3.93. The van der Waals surface area contributed by atoms with E-state index in [1.165, 1.54) is 20.3 Å². The fourth-order valence-electron chi connectivity index (χ4n) is 2.52. The Kier molecular flexibility index (Phi) is 6.23. The second-order valence-corrected chi connectivity index (χ2v) is 7.07. The molecule has 0 aliphatic carbocycles. The van der Waals surface area contributed by atoms with Crippen LogP contribution in [0, 0.1) is 0 Å². The Hall–Kier alpha value is -2.05. The van der Waals surface area contributed by atoms with E-state index in [1.54, 1.807) is 12.1 Å². The molecule has 0 spiro atoms. The van der Waals surface area contributed by atoms with Gasteiger partial charge in [-0.15, -0.1) is 0 Å². The number of benzene rings is 2. The van der Waals surface area contributed by atoms with Gasteiger partial charge in [0.25, 0.3) is 0 Å². The summed E-state index contributed by atoms with van der Waals surface area (Å²) in [5.74, 6) is 0.795. The normalized spacial score (nSPS) is 12.6. The Labute approximate surface area is 143 Å². The molecule has 0 unspecified atom stereocenters. The number of methoxy groups -OCH3 is 2. The molecule has 2 aromatic rings. The predicted octanol–water partition coefficient (Wildman–Crippen LogP) is 3.52. The summed E-state index contributed by atoms with van der Waals surface area (Å²) in [6.45, 7) is 2.03. The number of nitrogens with one attached hydrogen (secondary N) is 1.